The van der Waals surface area contributed by atoms with Gasteiger partial charge in [0.25, 0.3) is 0 Å². The van der Waals surface area contributed by atoms with Gasteiger partial charge in [-0.1, -0.05) is 6.07 Å². The predicted molar refractivity (Wildman–Crippen MR) is 78.8 cm³/mol. The Hall–Kier alpha value is -1.21. The molecule has 0 saturated heterocycles. The monoisotopic (exact) mass is 302 g/mol. The van der Waals surface area contributed by atoms with Crippen molar-refractivity contribution in [2.45, 2.75) is 18.2 Å². The zero-order chi connectivity index (χ0) is 14.5. The maximum atomic E-state index is 11.6. The normalized spacial score (nSPS) is 11.4. The fraction of sp³-hybridized carbons (Fsp3) is 0.417. The average molecular weight is 302 g/mol. The Labute approximate surface area is 117 Å². The highest BCUT2D eigenvalue weighted by atomic mass is 32.2. The second-order valence-corrected chi connectivity index (χ2v) is 7.68. The number of thioether (sulfide) groups is 1. The Kier molecular flexibility index (Phi) is 5.68. The van der Waals surface area contributed by atoms with Crippen molar-refractivity contribution in [3.8, 4) is 0 Å². The molecule has 0 heterocycles. The number of nitrogens with two attached hydrogens (primary N) is 2. The molecule has 0 fully saturated rings. The van der Waals surface area contributed by atoms with E-state index in [1.807, 2.05) is 25.1 Å². The Morgan fingerprint density at radius 2 is 2.00 bits per heavy atom. The number of rotatable bonds is 7. The minimum Gasteiger partial charge on any atom is -0.399 e. The molecule has 0 radical (unpaired) electrons. The topological polar surface area (TPSA) is 103 Å². The van der Waals surface area contributed by atoms with E-state index in [1.165, 1.54) is 11.8 Å². The molecule has 1 aromatic rings. The summed E-state index contributed by atoms with van der Waals surface area (Å²) < 4.78 is 23.3. The molecular formula is C12H18N2O3S2. The third kappa shape index (κ3) is 5.98. The zero-order valence-electron chi connectivity index (χ0n) is 10.8. The predicted octanol–water partition coefficient (Wildman–Crippen LogP) is 0.960. The molecule has 0 aliphatic carbocycles. The number of hydrogen-bond acceptors (Lipinski definition) is 5. The summed E-state index contributed by atoms with van der Waals surface area (Å²) in [7, 11) is -3.22. The highest BCUT2D eigenvalue weighted by Gasteiger charge is 2.12. The van der Waals surface area contributed by atoms with Crippen molar-refractivity contribution < 1.29 is 13.2 Å². The van der Waals surface area contributed by atoms with Crippen LogP contribution >= 0.6 is 11.8 Å². The van der Waals surface area contributed by atoms with E-state index < -0.39 is 15.7 Å². The summed E-state index contributed by atoms with van der Waals surface area (Å²) in [5.74, 6) is -0.313. The van der Waals surface area contributed by atoms with E-state index in [9.17, 15) is 13.2 Å². The third-order valence-corrected chi connectivity index (χ3v) is 5.59. The smallest absolute Gasteiger partial charge is 0.218 e. The molecule has 106 valence electrons. The molecule has 0 saturated carbocycles. The minimum atomic E-state index is -3.22. The van der Waals surface area contributed by atoms with Gasteiger partial charge in [-0.05, 0) is 24.6 Å². The molecule has 1 rings (SSSR count). The summed E-state index contributed by atoms with van der Waals surface area (Å²) in [5, 5.41) is 0. The van der Waals surface area contributed by atoms with E-state index in [2.05, 4.69) is 0 Å². The lowest BCUT2D eigenvalue weighted by atomic mass is 10.2. The highest BCUT2D eigenvalue weighted by molar-refractivity contribution is 8.00. The fourth-order valence-electron chi connectivity index (χ4n) is 1.41. The maximum Gasteiger partial charge on any atom is 0.218 e. The van der Waals surface area contributed by atoms with Crippen molar-refractivity contribution in [1.82, 2.24) is 0 Å². The molecular weight excluding hydrogens is 284 g/mol. The lowest BCUT2D eigenvalue weighted by Crippen LogP contribution is -2.19. The van der Waals surface area contributed by atoms with E-state index in [1.54, 1.807) is 0 Å². The number of anilines is 1. The number of carbonyl (C=O) groups excluding carboxylic acids is 1. The van der Waals surface area contributed by atoms with Gasteiger partial charge in [0.05, 0.1) is 11.5 Å². The van der Waals surface area contributed by atoms with E-state index in [-0.39, 0.29) is 17.9 Å². The number of hydrogen-bond donors (Lipinski definition) is 2. The fourth-order valence-corrected chi connectivity index (χ4v) is 4.21. The first-order valence-electron chi connectivity index (χ1n) is 5.78. The summed E-state index contributed by atoms with van der Waals surface area (Å²) in [6, 6.07) is 5.54. The number of nitrogen functional groups attached to an aromatic ring is 1. The van der Waals surface area contributed by atoms with Gasteiger partial charge in [0.2, 0.25) is 5.91 Å². The third-order valence-electron chi connectivity index (χ3n) is 2.52. The first-order valence-corrected chi connectivity index (χ1v) is 8.58. The molecule has 0 atom stereocenters. The standard InChI is InChI=1S/C12H18N2O3S2/c1-9-2-3-10(13)8-11(9)18-5-7-19(16,17)6-4-12(14)15/h2-3,8H,4-7,13H2,1H3,(H2,14,15). The summed E-state index contributed by atoms with van der Waals surface area (Å²) in [6.45, 7) is 1.95. The van der Waals surface area contributed by atoms with Gasteiger partial charge in [0, 0.05) is 22.8 Å². The van der Waals surface area contributed by atoms with Crippen molar-refractivity contribution in [3.63, 3.8) is 0 Å². The number of primary amides is 1. The maximum absolute atomic E-state index is 11.6. The SMILES string of the molecule is Cc1ccc(N)cc1SCCS(=O)(=O)CCC(N)=O. The van der Waals surface area contributed by atoms with Crippen molar-refractivity contribution in [3.05, 3.63) is 23.8 Å². The molecule has 19 heavy (non-hydrogen) atoms. The molecule has 7 heteroatoms. The largest absolute Gasteiger partial charge is 0.399 e. The molecule has 4 N–H and O–H groups in total. The molecule has 1 amide bonds. The number of carbonyl (C=O) groups is 1. The first-order chi connectivity index (χ1) is 8.80. The minimum absolute atomic E-state index is 0.0270. The van der Waals surface area contributed by atoms with Crippen molar-refractivity contribution in [1.29, 1.82) is 0 Å². The first kappa shape index (κ1) is 15.8. The van der Waals surface area contributed by atoms with Crippen LogP contribution in [0.15, 0.2) is 23.1 Å². The van der Waals surface area contributed by atoms with E-state index in [4.69, 9.17) is 11.5 Å². The summed E-state index contributed by atoms with van der Waals surface area (Å²) in [6.07, 6.45) is -0.121. The number of sulfone groups is 1. The van der Waals surface area contributed by atoms with Crippen LogP contribution in [0.4, 0.5) is 5.69 Å². The van der Waals surface area contributed by atoms with Crippen LogP contribution in [0.1, 0.15) is 12.0 Å². The molecule has 5 nitrogen and oxygen atoms in total. The van der Waals surface area contributed by atoms with Gasteiger partial charge >= 0.3 is 0 Å². The average Bonchev–Trinajstić information content (AvgIpc) is 2.31. The van der Waals surface area contributed by atoms with Crippen molar-refractivity contribution in [2.24, 2.45) is 5.73 Å². The van der Waals surface area contributed by atoms with Crippen molar-refractivity contribution in [2.75, 3.05) is 23.0 Å². The molecule has 0 bridgehead atoms. The van der Waals surface area contributed by atoms with Crippen LogP contribution in [0.5, 0.6) is 0 Å². The summed E-state index contributed by atoms with van der Waals surface area (Å²) >= 11 is 1.45. The van der Waals surface area contributed by atoms with Crippen LogP contribution in [-0.4, -0.2) is 31.6 Å². The van der Waals surface area contributed by atoms with Crippen LogP contribution in [0.25, 0.3) is 0 Å². The van der Waals surface area contributed by atoms with Gasteiger partial charge in [-0.25, -0.2) is 8.42 Å². The molecule has 0 aromatic heterocycles. The van der Waals surface area contributed by atoms with Gasteiger partial charge in [-0.2, -0.15) is 0 Å². The lowest BCUT2D eigenvalue weighted by molar-refractivity contribution is -0.117. The summed E-state index contributed by atoms with van der Waals surface area (Å²) in [4.78, 5) is 11.5. The molecule has 1 aromatic carbocycles. The zero-order valence-corrected chi connectivity index (χ0v) is 12.4. The second kappa shape index (κ2) is 6.81. The highest BCUT2D eigenvalue weighted by Crippen LogP contribution is 2.24. The summed E-state index contributed by atoms with van der Waals surface area (Å²) in [5.41, 5.74) is 12.3. The molecule has 0 unspecified atom stereocenters. The van der Waals surface area contributed by atoms with Gasteiger partial charge in [-0.15, -0.1) is 11.8 Å². The Morgan fingerprint density at radius 1 is 1.32 bits per heavy atom. The van der Waals surface area contributed by atoms with E-state index >= 15 is 0 Å². The van der Waals surface area contributed by atoms with Crippen LogP contribution in [0.2, 0.25) is 0 Å². The Balaban J connectivity index is 2.49. The van der Waals surface area contributed by atoms with E-state index in [0.717, 1.165) is 10.5 Å². The lowest BCUT2D eigenvalue weighted by Gasteiger charge is -2.07. The second-order valence-electron chi connectivity index (χ2n) is 4.24. The number of amides is 1. The van der Waals surface area contributed by atoms with Gasteiger partial charge in [0.1, 0.15) is 0 Å². The number of aryl methyl sites for hydroxylation is 1. The van der Waals surface area contributed by atoms with Gasteiger partial charge < -0.3 is 11.5 Å². The molecule has 0 aliphatic rings. The molecule has 0 spiro atoms. The van der Waals surface area contributed by atoms with Crippen LogP contribution < -0.4 is 11.5 Å². The Morgan fingerprint density at radius 3 is 2.63 bits per heavy atom. The number of benzene rings is 1. The molecule has 0 aliphatic heterocycles. The van der Waals surface area contributed by atoms with Crippen LogP contribution in [0, 0.1) is 6.92 Å². The van der Waals surface area contributed by atoms with Crippen LogP contribution in [0.3, 0.4) is 0 Å². The van der Waals surface area contributed by atoms with Gasteiger partial charge in [-0.3, -0.25) is 4.79 Å². The van der Waals surface area contributed by atoms with Crippen molar-refractivity contribution >= 4 is 33.2 Å². The van der Waals surface area contributed by atoms with Crippen LogP contribution in [-0.2, 0) is 14.6 Å². The van der Waals surface area contributed by atoms with Gasteiger partial charge in [0.15, 0.2) is 9.84 Å². The Bertz CT molecular complexity index is 556. The van der Waals surface area contributed by atoms with E-state index in [0.29, 0.717) is 11.4 Å². The quantitative estimate of drug-likeness (QED) is 0.577.